The summed E-state index contributed by atoms with van der Waals surface area (Å²) in [4.78, 5) is 51.1. The Bertz CT molecular complexity index is 1180. The Labute approximate surface area is 173 Å². The SMILES string of the molecule is CC(=O)c1ccccc1NC(=O)c1ccc2c(c1)C(=O)N(Cc1ccccc1)C2=O. The van der Waals surface area contributed by atoms with Crippen LogP contribution < -0.4 is 5.32 Å². The molecule has 3 amide bonds. The molecule has 0 atom stereocenters. The highest BCUT2D eigenvalue weighted by Gasteiger charge is 2.36. The number of hydrogen-bond acceptors (Lipinski definition) is 4. The minimum Gasteiger partial charge on any atom is -0.321 e. The van der Waals surface area contributed by atoms with Crippen LogP contribution in [0.15, 0.2) is 72.8 Å². The highest BCUT2D eigenvalue weighted by atomic mass is 16.2. The van der Waals surface area contributed by atoms with Crippen LogP contribution in [-0.4, -0.2) is 28.4 Å². The molecule has 0 unspecified atom stereocenters. The summed E-state index contributed by atoms with van der Waals surface area (Å²) in [7, 11) is 0. The third-order valence-electron chi connectivity index (χ3n) is 4.97. The molecule has 1 aliphatic heterocycles. The number of ketones is 1. The van der Waals surface area contributed by atoms with Gasteiger partial charge in [-0.2, -0.15) is 0 Å². The van der Waals surface area contributed by atoms with E-state index in [9.17, 15) is 19.2 Å². The molecule has 0 aromatic heterocycles. The van der Waals surface area contributed by atoms with Crippen LogP contribution in [0.3, 0.4) is 0 Å². The lowest BCUT2D eigenvalue weighted by molar-refractivity contribution is 0.0642. The molecule has 0 aliphatic carbocycles. The van der Waals surface area contributed by atoms with Gasteiger partial charge >= 0.3 is 0 Å². The van der Waals surface area contributed by atoms with Crippen molar-refractivity contribution in [2.45, 2.75) is 13.5 Å². The number of benzene rings is 3. The summed E-state index contributed by atoms with van der Waals surface area (Å²) >= 11 is 0. The largest absolute Gasteiger partial charge is 0.321 e. The number of nitrogens with zero attached hydrogens (tertiary/aromatic N) is 1. The monoisotopic (exact) mass is 398 g/mol. The molecule has 1 aliphatic rings. The van der Waals surface area contributed by atoms with Gasteiger partial charge in [-0.05, 0) is 42.8 Å². The van der Waals surface area contributed by atoms with Gasteiger partial charge in [0, 0.05) is 11.1 Å². The first kappa shape index (κ1) is 19.3. The molecular weight excluding hydrogens is 380 g/mol. The molecule has 3 aromatic rings. The van der Waals surface area contributed by atoms with Gasteiger partial charge in [0.1, 0.15) is 0 Å². The average Bonchev–Trinajstić information content (AvgIpc) is 2.99. The van der Waals surface area contributed by atoms with Crippen LogP contribution in [0.4, 0.5) is 5.69 Å². The predicted octanol–water partition coefficient (Wildman–Crippen LogP) is 3.94. The maximum atomic E-state index is 12.8. The summed E-state index contributed by atoms with van der Waals surface area (Å²) < 4.78 is 0. The maximum absolute atomic E-state index is 12.8. The van der Waals surface area contributed by atoms with Crippen LogP contribution in [0, 0.1) is 0 Å². The fraction of sp³-hybridized carbons (Fsp3) is 0.0833. The number of imide groups is 1. The number of rotatable bonds is 5. The Morgan fingerprint density at radius 2 is 1.50 bits per heavy atom. The lowest BCUT2D eigenvalue weighted by atomic mass is 10.0. The van der Waals surface area contributed by atoms with Crippen molar-refractivity contribution in [1.82, 2.24) is 4.90 Å². The first-order valence-electron chi connectivity index (χ1n) is 9.41. The normalized spacial score (nSPS) is 12.6. The van der Waals surface area contributed by atoms with Crippen molar-refractivity contribution >= 4 is 29.2 Å². The molecule has 0 fully saturated rings. The van der Waals surface area contributed by atoms with Crippen LogP contribution in [-0.2, 0) is 6.54 Å². The third kappa shape index (κ3) is 3.51. The van der Waals surface area contributed by atoms with Crippen molar-refractivity contribution in [2.75, 3.05) is 5.32 Å². The second-order valence-electron chi connectivity index (χ2n) is 7.00. The number of hydrogen-bond donors (Lipinski definition) is 1. The number of carbonyl (C=O) groups is 4. The van der Waals surface area contributed by atoms with Crippen LogP contribution in [0.2, 0.25) is 0 Å². The molecule has 30 heavy (non-hydrogen) atoms. The first-order chi connectivity index (χ1) is 14.5. The van der Waals surface area contributed by atoms with Crippen LogP contribution in [0.5, 0.6) is 0 Å². The average molecular weight is 398 g/mol. The summed E-state index contributed by atoms with van der Waals surface area (Å²) in [5.74, 6) is -1.45. The quantitative estimate of drug-likeness (QED) is 0.521. The van der Waals surface area contributed by atoms with E-state index in [-0.39, 0.29) is 34.9 Å². The van der Waals surface area contributed by atoms with Gasteiger partial charge in [-0.15, -0.1) is 0 Å². The molecule has 0 spiro atoms. The number of anilines is 1. The number of nitrogens with one attached hydrogen (secondary N) is 1. The molecular formula is C24H18N2O4. The van der Waals surface area contributed by atoms with E-state index in [1.165, 1.54) is 30.0 Å². The molecule has 1 heterocycles. The summed E-state index contributed by atoms with van der Waals surface area (Å²) in [6.45, 7) is 1.59. The summed E-state index contributed by atoms with van der Waals surface area (Å²) in [6.07, 6.45) is 0. The second-order valence-corrected chi connectivity index (χ2v) is 7.00. The fourth-order valence-corrected chi connectivity index (χ4v) is 3.44. The van der Waals surface area contributed by atoms with Crippen LogP contribution in [0.1, 0.15) is 53.9 Å². The van der Waals surface area contributed by atoms with Crippen molar-refractivity contribution in [3.8, 4) is 0 Å². The summed E-state index contributed by atoms with van der Waals surface area (Å²) in [6, 6.07) is 20.3. The first-order valence-corrected chi connectivity index (χ1v) is 9.41. The van der Waals surface area contributed by atoms with Gasteiger partial charge in [0.2, 0.25) is 0 Å². The molecule has 0 saturated heterocycles. The Hall–Kier alpha value is -4.06. The van der Waals surface area contributed by atoms with E-state index < -0.39 is 11.8 Å². The van der Waals surface area contributed by atoms with Gasteiger partial charge in [-0.1, -0.05) is 42.5 Å². The van der Waals surface area contributed by atoms with Gasteiger partial charge < -0.3 is 5.32 Å². The second kappa shape index (κ2) is 7.75. The predicted molar refractivity (Wildman–Crippen MR) is 111 cm³/mol. The molecule has 0 saturated carbocycles. The standard InChI is InChI=1S/C24H18N2O4/c1-15(27)18-9-5-6-10-21(18)25-22(28)17-11-12-19-20(13-17)24(30)26(23(19)29)14-16-7-3-2-4-8-16/h2-13H,14H2,1H3,(H,25,28). The molecule has 0 bridgehead atoms. The van der Waals surface area contributed by atoms with E-state index in [4.69, 9.17) is 0 Å². The molecule has 6 heteroatoms. The van der Waals surface area contributed by atoms with E-state index in [0.29, 0.717) is 11.3 Å². The highest BCUT2D eigenvalue weighted by Crippen LogP contribution is 2.26. The van der Waals surface area contributed by atoms with Gasteiger partial charge in [-0.25, -0.2) is 0 Å². The Balaban J connectivity index is 1.59. The zero-order chi connectivity index (χ0) is 21.3. The minimum atomic E-state index is -0.465. The molecule has 1 N–H and O–H groups in total. The van der Waals surface area contributed by atoms with Crippen molar-refractivity contribution < 1.29 is 19.2 Å². The maximum Gasteiger partial charge on any atom is 0.261 e. The van der Waals surface area contributed by atoms with E-state index >= 15 is 0 Å². The number of carbonyl (C=O) groups excluding carboxylic acids is 4. The Kier molecular flexibility index (Phi) is 4.98. The molecule has 6 nitrogen and oxygen atoms in total. The summed E-state index contributed by atoms with van der Waals surface area (Å²) in [5, 5.41) is 2.71. The molecule has 0 radical (unpaired) electrons. The zero-order valence-electron chi connectivity index (χ0n) is 16.2. The Morgan fingerprint density at radius 1 is 0.833 bits per heavy atom. The molecule has 3 aromatic carbocycles. The van der Waals surface area contributed by atoms with Gasteiger partial charge in [0.15, 0.2) is 5.78 Å². The van der Waals surface area contributed by atoms with Gasteiger partial charge in [-0.3, -0.25) is 24.1 Å². The number of amides is 3. The topological polar surface area (TPSA) is 83.6 Å². The van der Waals surface area contributed by atoms with Crippen molar-refractivity contribution in [2.24, 2.45) is 0 Å². The number of fused-ring (bicyclic) bond motifs is 1. The van der Waals surface area contributed by atoms with Crippen molar-refractivity contribution in [1.29, 1.82) is 0 Å². The van der Waals surface area contributed by atoms with E-state index in [1.54, 1.807) is 24.3 Å². The minimum absolute atomic E-state index is 0.167. The van der Waals surface area contributed by atoms with E-state index in [2.05, 4.69) is 5.32 Å². The van der Waals surface area contributed by atoms with Gasteiger partial charge in [0.05, 0.1) is 23.4 Å². The number of para-hydroxylation sites is 1. The van der Waals surface area contributed by atoms with E-state index in [1.807, 2.05) is 30.3 Å². The lowest BCUT2D eigenvalue weighted by Gasteiger charge is -2.13. The third-order valence-corrected chi connectivity index (χ3v) is 4.97. The summed E-state index contributed by atoms with van der Waals surface area (Å²) in [5.41, 5.74) is 2.33. The Morgan fingerprint density at radius 3 is 2.23 bits per heavy atom. The van der Waals surface area contributed by atoms with Crippen LogP contribution in [0.25, 0.3) is 0 Å². The van der Waals surface area contributed by atoms with Gasteiger partial charge in [0.25, 0.3) is 17.7 Å². The molecule has 4 rings (SSSR count). The van der Waals surface area contributed by atoms with E-state index in [0.717, 1.165) is 5.56 Å². The van der Waals surface area contributed by atoms with Crippen molar-refractivity contribution in [3.63, 3.8) is 0 Å². The van der Waals surface area contributed by atoms with Crippen LogP contribution >= 0.6 is 0 Å². The lowest BCUT2D eigenvalue weighted by Crippen LogP contribution is -2.29. The smallest absolute Gasteiger partial charge is 0.261 e. The fourth-order valence-electron chi connectivity index (χ4n) is 3.44. The molecule has 148 valence electrons. The highest BCUT2D eigenvalue weighted by molar-refractivity contribution is 6.22. The zero-order valence-corrected chi connectivity index (χ0v) is 16.2. The number of Topliss-reactive ketones (excluding diaryl/α,β-unsaturated/α-hetero) is 1. The van der Waals surface area contributed by atoms with Crippen molar-refractivity contribution in [3.05, 3.63) is 101 Å².